The highest BCUT2D eigenvalue weighted by molar-refractivity contribution is 5.75. The standard InChI is InChI=1S/C17H21FN6O/c1-2-4-14-21-17(23-22-14)13-9-24(7-8-25-13)10-15-19-12-6-3-5-11(18)16(12)20-15/h3,5-6,13H,2,4,7-10H2,1H3,(H,19,20)(H,21,22,23)/t13-/m1/s1. The molecule has 8 heteroatoms. The van der Waals surface area contributed by atoms with Gasteiger partial charge in [-0.15, -0.1) is 0 Å². The van der Waals surface area contributed by atoms with Crippen molar-refractivity contribution >= 4 is 11.0 Å². The zero-order chi connectivity index (χ0) is 17.2. The number of nitrogens with zero attached hydrogens (tertiary/aromatic N) is 4. The Kier molecular flexibility index (Phi) is 4.46. The van der Waals surface area contributed by atoms with Gasteiger partial charge in [0, 0.05) is 19.5 Å². The molecule has 0 radical (unpaired) electrons. The summed E-state index contributed by atoms with van der Waals surface area (Å²) in [7, 11) is 0. The second-order valence-electron chi connectivity index (χ2n) is 6.30. The van der Waals surface area contributed by atoms with E-state index in [1.54, 1.807) is 6.07 Å². The van der Waals surface area contributed by atoms with Crippen LogP contribution in [-0.4, -0.2) is 49.7 Å². The van der Waals surface area contributed by atoms with E-state index < -0.39 is 0 Å². The van der Waals surface area contributed by atoms with Crippen molar-refractivity contribution in [2.24, 2.45) is 0 Å². The molecule has 1 aromatic carbocycles. The third-order valence-electron chi connectivity index (χ3n) is 4.36. The summed E-state index contributed by atoms with van der Waals surface area (Å²) in [5.74, 6) is 2.04. The van der Waals surface area contributed by atoms with Crippen LogP contribution < -0.4 is 0 Å². The lowest BCUT2D eigenvalue weighted by Gasteiger charge is -2.30. The topological polar surface area (TPSA) is 82.7 Å². The number of rotatable bonds is 5. The van der Waals surface area contributed by atoms with E-state index in [-0.39, 0.29) is 11.9 Å². The largest absolute Gasteiger partial charge is 0.367 e. The first-order valence-corrected chi connectivity index (χ1v) is 8.61. The Hall–Kier alpha value is -2.32. The zero-order valence-corrected chi connectivity index (χ0v) is 14.1. The fourth-order valence-electron chi connectivity index (χ4n) is 3.14. The molecule has 1 atom stereocenters. The number of aryl methyl sites for hydroxylation is 1. The Labute approximate surface area is 144 Å². The number of aromatic nitrogens is 5. The van der Waals surface area contributed by atoms with Crippen molar-refractivity contribution in [1.82, 2.24) is 30.0 Å². The Morgan fingerprint density at radius 1 is 1.32 bits per heavy atom. The summed E-state index contributed by atoms with van der Waals surface area (Å²) in [6, 6.07) is 4.94. The van der Waals surface area contributed by atoms with Crippen molar-refractivity contribution in [3.63, 3.8) is 0 Å². The van der Waals surface area contributed by atoms with E-state index in [4.69, 9.17) is 4.74 Å². The van der Waals surface area contributed by atoms with Gasteiger partial charge in [0.25, 0.3) is 0 Å². The minimum Gasteiger partial charge on any atom is -0.367 e. The predicted octanol–water partition coefficient (Wildman–Crippen LogP) is 2.35. The van der Waals surface area contributed by atoms with E-state index in [1.807, 2.05) is 6.07 Å². The number of halogens is 1. The SMILES string of the molecule is CCCc1nc([C@H]2CN(Cc3nc4c(F)cccc4[nH]3)CCO2)n[nH]1. The maximum absolute atomic E-state index is 13.8. The van der Waals surface area contributed by atoms with E-state index in [0.717, 1.165) is 36.6 Å². The number of ether oxygens (including phenoxy) is 1. The van der Waals surface area contributed by atoms with Gasteiger partial charge < -0.3 is 9.72 Å². The lowest BCUT2D eigenvalue weighted by atomic mass is 10.2. The zero-order valence-electron chi connectivity index (χ0n) is 14.1. The monoisotopic (exact) mass is 344 g/mol. The van der Waals surface area contributed by atoms with Crippen molar-refractivity contribution < 1.29 is 9.13 Å². The molecule has 2 N–H and O–H groups in total. The van der Waals surface area contributed by atoms with Crippen molar-refractivity contribution in [3.8, 4) is 0 Å². The van der Waals surface area contributed by atoms with Gasteiger partial charge >= 0.3 is 0 Å². The average molecular weight is 344 g/mol. The Morgan fingerprint density at radius 3 is 3.08 bits per heavy atom. The number of nitrogens with one attached hydrogen (secondary N) is 2. The van der Waals surface area contributed by atoms with Gasteiger partial charge in [-0.2, -0.15) is 5.10 Å². The van der Waals surface area contributed by atoms with Crippen LogP contribution in [-0.2, 0) is 17.7 Å². The summed E-state index contributed by atoms with van der Waals surface area (Å²) in [5, 5.41) is 7.26. The van der Waals surface area contributed by atoms with Crippen LogP contribution in [0.25, 0.3) is 11.0 Å². The number of H-pyrrole nitrogens is 2. The molecule has 0 saturated carbocycles. The number of hydrogen-bond donors (Lipinski definition) is 2. The lowest BCUT2D eigenvalue weighted by Crippen LogP contribution is -2.38. The number of benzene rings is 1. The normalized spacial score (nSPS) is 18.9. The fraction of sp³-hybridized carbons (Fsp3) is 0.471. The Balaban J connectivity index is 1.45. The minimum absolute atomic E-state index is 0.156. The van der Waals surface area contributed by atoms with E-state index in [0.29, 0.717) is 31.0 Å². The molecule has 3 heterocycles. The van der Waals surface area contributed by atoms with Crippen LogP contribution in [0.1, 0.15) is 36.9 Å². The van der Waals surface area contributed by atoms with Gasteiger partial charge in [-0.25, -0.2) is 14.4 Å². The number of para-hydroxylation sites is 1. The van der Waals surface area contributed by atoms with Crippen LogP contribution in [0.4, 0.5) is 4.39 Å². The summed E-state index contributed by atoms with van der Waals surface area (Å²) in [4.78, 5) is 14.3. The number of aromatic amines is 2. The second kappa shape index (κ2) is 6.89. The molecule has 0 aliphatic carbocycles. The molecule has 2 aromatic heterocycles. The molecule has 1 aliphatic rings. The van der Waals surface area contributed by atoms with Gasteiger partial charge in [0.15, 0.2) is 11.6 Å². The van der Waals surface area contributed by atoms with Crippen molar-refractivity contribution in [2.45, 2.75) is 32.4 Å². The molecule has 132 valence electrons. The second-order valence-corrected chi connectivity index (χ2v) is 6.30. The van der Waals surface area contributed by atoms with E-state index >= 15 is 0 Å². The molecule has 0 spiro atoms. The van der Waals surface area contributed by atoms with Crippen molar-refractivity contribution in [2.75, 3.05) is 19.7 Å². The van der Waals surface area contributed by atoms with Gasteiger partial charge in [-0.05, 0) is 18.6 Å². The number of imidazole rings is 1. The highest BCUT2D eigenvalue weighted by Gasteiger charge is 2.26. The Bertz CT molecular complexity index is 860. The molecular weight excluding hydrogens is 323 g/mol. The molecule has 1 fully saturated rings. The Morgan fingerprint density at radius 2 is 2.24 bits per heavy atom. The molecule has 1 saturated heterocycles. The fourth-order valence-corrected chi connectivity index (χ4v) is 3.14. The van der Waals surface area contributed by atoms with Gasteiger partial charge in [-0.1, -0.05) is 13.0 Å². The number of hydrogen-bond acceptors (Lipinski definition) is 5. The smallest absolute Gasteiger partial charge is 0.180 e. The summed E-state index contributed by atoms with van der Waals surface area (Å²) >= 11 is 0. The summed E-state index contributed by atoms with van der Waals surface area (Å²) in [6.07, 6.45) is 1.75. The molecule has 0 amide bonds. The first-order valence-electron chi connectivity index (χ1n) is 8.61. The van der Waals surface area contributed by atoms with Gasteiger partial charge in [-0.3, -0.25) is 10.00 Å². The lowest BCUT2D eigenvalue weighted by molar-refractivity contribution is -0.0377. The summed E-state index contributed by atoms with van der Waals surface area (Å²) < 4.78 is 19.6. The maximum atomic E-state index is 13.8. The highest BCUT2D eigenvalue weighted by atomic mass is 19.1. The molecule has 0 unspecified atom stereocenters. The maximum Gasteiger partial charge on any atom is 0.180 e. The van der Waals surface area contributed by atoms with Crippen LogP contribution in [0.3, 0.4) is 0 Å². The third-order valence-corrected chi connectivity index (χ3v) is 4.36. The van der Waals surface area contributed by atoms with E-state index in [2.05, 4.69) is 37.0 Å². The van der Waals surface area contributed by atoms with Crippen LogP contribution >= 0.6 is 0 Å². The van der Waals surface area contributed by atoms with Crippen LogP contribution in [0, 0.1) is 5.82 Å². The third kappa shape index (κ3) is 3.40. The quantitative estimate of drug-likeness (QED) is 0.742. The molecule has 3 aromatic rings. The molecular formula is C17H21FN6O. The number of morpholine rings is 1. The van der Waals surface area contributed by atoms with Gasteiger partial charge in [0.1, 0.15) is 23.3 Å². The van der Waals surface area contributed by atoms with Crippen molar-refractivity contribution in [3.05, 3.63) is 41.5 Å². The minimum atomic E-state index is -0.302. The highest BCUT2D eigenvalue weighted by Crippen LogP contribution is 2.21. The van der Waals surface area contributed by atoms with Crippen LogP contribution in [0.5, 0.6) is 0 Å². The first kappa shape index (κ1) is 16.2. The molecule has 4 rings (SSSR count). The molecule has 25 heavy (non-hydrogen) atoms. The summed E-state index contributed by atoms with van der Waals surface area (Å²) in [6.45, 7) is 4.81. The average Bonchev–Trinajstić information content (AvgIpc) is 3.23. The molecule has 7 nitrogen and oxygen atoms in total. The van der Waals surface area contributed by atoms with Crippen LogP contribution in [0.15, 0.2) is 18.2 Å². The first-order chi connectivity index (χ1) is 12.2. The van der Waals surface area contributed by atoms with Gasteiger partial charge in [0.05, 0.1) is 18.7 Å². The van der Waals surface area contributed by atoms with E-state index in [9.17, 15) is 4.39 Å². The summed E-state index contributed by atoms with van der Waals surface area (Å²) in [5.41, 5.74) is 1.11. The molecule has 1 aliphatic heterocycles. The van der Waals surface area contributed by atoms with Crippen LogP contribution in [0.2, 0.25) is 0 Å². The predicted molar refractivity (Wildman–Crippen MR) is 90.4 cm³/mol. The van der Waals surface area contributed by atoms with E-state index in [1.165, 1.54) is 6.07 Å². The molecule has 0 bridgehead atoms. The van der Waals surface area contributed by atoms with Gasteiger partial charge in [0.2, 0.25) is 0 Å². The van der Waals surface area contributed by atoms with Crippen molar-refractivity contribution in [1.29, 1.82) is 0 Å². The number of fused-ring (bicyclic) bond motifs is 1.